The molecule has 0 fully saturated rings. The van der Waals surface area contributed by atoms with Gasteiger partial charge in [-0.2, -0.15) is 0 Å². The summed E-state index contributed by atoms with van der Waals surface area (Å²) < 4.78 is 0. The Kier molecular flexibility index (Phi) is 5.13. The van der Waals surface area contributed by atoms with Gasteiger partial charge in [-0.25, -0.2) is 0 Å². The first-order chi connectivity index (χ1) is 3.12. The number of rotatable bonds is 1. The Labute approximate surface area is 62.0 Å². The van der Waals surface area contributed by atoms with Gasteiger partial charge in [0.1, 0.15) is 0 Å². The maximum Gasteiger partial charge on any atom is 1.00 e. The molecule has 0 bridgehead atoms. The van der Waals surface area contributed by atoms with Crippen LogP contribution in [0.1, 0.15) is 6.92 Å². The van der Waals surface area contributed by atoms with Crippen molar-refractivity contribution in [3.63, 3.8) is 0 Å². The number of hydrogen-bond donors (Lipinski definition) is 0. The van der Waals surface area contributed by atoms with E-state index < -0.39 is 5.60 Å². The average Bonchev–Trinajstić information content (AvgIpc) is 1.68. The van der Waals surface area contributed by atoms with Gasteiger partial charge >= 0.3 is 18.9 Å². The second kappa shape index (κ2) is 3.81. The SMILES string of the molecule is C#CC(C)([O-])C=C.[Li+]. The molecule has 1 nitrogen and oxygen atoms in total. The van der Waals surface area contributed by atoms with Gasteiger partial charge in [0.25, 0.3) is 0 Å². The molecule has 0 saturated carbocycles. The third kappa shape index (κ3) is 4.03. The zero-order chi connectivity index (χ0) is 5.91. The normalized spacial score (nSPS) is 14.6. The maximum absolute atomic E-state index is 10.5. The van der Waals surface area contributed by atoms with E-state index >= 15 is 0 Å². The topological polar surface area (TPSA) is 23.1 Å². The van der Waals surface area contributed by atoms with E-state index in [9.17, 15) is 5.11 Å². The van der Waals surface area contributed by atoms with Crippen LogP contribution in [0.25, 0.3) is 0 Å². The molecule has 0 aromatic rings. The summed E-state index contributed by atoms with van der Waals surface area (Å²) in [5.74, 6) is 2.02. The van der Waals surface area contributed by atoms with Crippen LogP contribution in [0.4, 0.5) is 0 Å². The van der Waals surface area contributed by atoms with Crippen molar-refractivity contribution in [3.8, 4) is 12.3 Å². The van der Waals surface area contributed by atoms with Crippen molar-refractivity contribution < 1.29 is 24.0 Å². The Hall–Kier alpha value is -0.143. The molecule has 0 aliphatic rings. The summed E-state index contributed by atoms with van der Waals surface area (Å²) in [5.41, 5.74) is -1.38. The van der Waals surface area contributed by atoms with E-state index in [-0.39, 0.29) is 18.9 Å². The summed E-state index contributed by atoms with van der Waals surface area (Å²) in [6.45, 7) is 4.64. The molecule has 8 heavy (non-hydrogen) atoms. The summed E-state index contributed by atoms with van der Waals surface area (Å²) >= 11 is 0. The van der Waals surface area contributed by atoms with Crippen LogP contribution in [0.3, 0.4) is 0 Å². The quantitative estimate of drug-likeness (QED) is 0.196. The van der Waals surface area contributed by atoms with E-state index in [0.717, 1.165) is 0 Å². The Balaban J connectivity index is 0. The van der Waals surface area contributed by atoms with Crippen molar-refractivity contribution in [2.24, 2.45) is 0 Å². The van der Waals surface area contributed by atoms with Gasteiger partial charge in [0, 0.05) is 0 Å². The fourth-order valence-corrected chi connectivity index (χ4v) is 0.0589. The third-order valence-electron chi connectivity index (χ3n) is 0.676. The van der Waals surface area contributed by atoms with Gasteiger partial charge in [-0.05, 0) is 5.60 Å². The van der Waals surface area contributed by atoms with Crippen LogP contribution in [0.2, 0.25) is 0 Å². The van der Waals surface area contributed by atoms with E-state index in [1.807, 2.05) is 5.92 Å². The first-order valence-corrected chi connectivity index (χ1v) is 1.94. The van der Waals surface area contributed by atoms with Crippen LogP contribution in [0, 0.1) is 12.3 Å². The molecule has 0 N–H and O–H groups in total. The number of terminal acetylenes is 1. The predicted octanol–water partition coefficient (Wildman–Crippen LogP) is -3.07. The summed E-state index contributed by atoms with van der Waals surface area (Å²) in [5, 5.41) is 10.5. The monoisotopic (exact) mass is 102 g/mol. The van der Waals surface area contributed by atoms with Crippen LogP contribution in [-0.4, -0.2) is 5.60 Å². The smallest absolute Gasteiger partial charge is 0.837 e. The van der Waals surface area contributed by atoms with Gasteiger partial charge in [0.15, 0.2) is 0 Å². The fourth-order valence-electron chi connectivity index (χ4n) is 0.0589. The molecule has 38 valence electrons. The molecular weight excluding hydrogens is 95.0 g/mol. The molecule has 0 amide bonds. The summed E-state index contributed by atoms with van der Waals surface area (Å²) in [7, 11) is 0. The molecule has 0 aromatic heterocycles. The van der Waals surface area contributed by atoms with Crippen LogP contribution < -0.4 is 24.0 Å². The Bertz CT molecular complexity index is 110. The summed E-state index contributed by atoms with van der Waals surface area (Å²) in [6.07, 6.45) is 5.98. The molecule has 0 saturated heterocycles. The Morgan fingerprint density at radius 2 is 2.25 bits per heavy atom. The van der Waals surface area contributed by atoms with Gasteiger partial charge in [0.2, 0.25) is 0 Å². The minimum atomic E-state index is -1.38. The van der Waals surface area contributed by atoms with Crippen molar-refractivity contribution in [3.05, 3.63) is 12.7 Å². The van der Waals surface area contributed by atoms with E-state index in [2.05, 4.69) is 6.58 Å². The maximum atomic E-state index is 10.5. The second-order valence-electron chi connectivity index (χ2n) is 1.46. The van der Waals surface area contributed by atoms with Crippen LogP contribution in [-0.2, 0) is 0 Å². The molecule has 0 aliphatic heterocycles. The molecule has 0 aliphatic carbocycles. The summed E-state index contributed by atoms with van der Waals surface area (Å²) in [6, 6.07) is 0. The van der Waals surface area contributed by atoms with Crippen molar-refractivity contribution in [1.29, 1.82) is 0 Å². The molecule has 1 atom stereocenters. The number of hydrogen-bond acceptors (Lipinski definition) is 1. The minimum absolute atomic E-state index is 0. The van der Waals surface area contributed by atoms with Crippen molar-refractivity contribution in [2.75, 3.05) is 0 Å². The summed E-state index contributed by atoms with van der Waals surface area (Å²) in [4.78, 5) is 0. The van der Waals surface area contributed by atoms with Crippen molar-refractivity contribution >= 4 is 0 Å². The zero-order valence-corrected chi connectivity index (χ0v) is 5.27. The standard InChI is InChI=1S/C6H7O.Li/c1-4-6(3,7)5-2;/h1,5H,2H2,3H3;/q-1;+1. The van der Waals surface area contributed by atoms with Gasteiger partial charge < -0.3 is 5.11 Å². The second-order valence-corrected chi connectivity index (χ2v) is 1.46. The van der Waals surface area contributed by atoms with Crippen LogP contribution in [0.5, 0.6) is 0 Å². The van der Waals surface area contributed by atoms with Gasteiger partial charge in [0.05, 0.1) is 0 Å². The first-order valence-electron chi connectivity index (χ1n) is 1.94. The van der Waals surface area contributed by atoms with E-state index in [4.69, 9.17) is 6.42 Å². The van der Waals surface area contributed by atoms with Crippen molar-refractivity contribution in [1.82, 2.24) is 0 Å². The Morgan fingerprint density at radius 1 is 1.88 bits per heavy atom. The molecule has 0 heterocycles. The predicted molar refractivity (Wildman–Crippen MR) is 27.4 cm³/mol. The van der Waals surface area contributed by atoms with E-state index in [1.165, 1.54) is 13.0 Å². The van der Waals surface area contributed by atoms with Crippen LogP contribution >= 0.6 is 0 Å². The molecule has 1 unspecified atom stereocenters. The molecular formula is C6H7LiO. The minimum Gasteiger partial charge on any atom is -0.837 e. The third-order valence-corrected chi connectivity index (χ3v) is 0.676. The average molecular weight is 102 g/mol. The van der Waals surface area contributed by atoms with E-state index in [1.54, 1.807) is 0 Å². The first kappa shape index (κ1) is 10.8. The van der Waals surface area contributed by atoms with E-state index in [0.29, 0.717) is 0 Å². The van der Waals surface area contributed by atoms with Gasteiger partial charge in [-0.15, -0.1) is 18.9 Å². The molecule has 0 spiro atoms. The molecule has 0 aromatic carbocycles. The largest absolute Gasteiger partial charge is 1.00 e. The molecule has 0 rings (SSSR count). The van der Waals surface area contributed by atoms with Gasteiger partial charge in [-0.3, -0.25) is 0 Å². The van der Waals surface area contributed by atoms with Crippen LogP contribution in [0.15, 0.2) is 12.7 Å². The zero-order valence-electron chi connectivity index (χ0n) is 5.27. The van der Waals surface area contributed by atoms with Crippen molar-refractivity contribution in [2.45, 2.75) is 12.5 Å². The fraction of sp³-hybridized carbons (Fsp3) is 0.333. The molecule has 2 heteroatoms. The molecule has 0 radical (unpaired) electrons. The van der Waals surface area contributed by atoms with Gasteiger partial charge in [-0.1, -0.05) is 13.0 Å². The Morgan fingerprint density at radius 3 is 2.25 bits per heavy atom.